The molecule has 2 aromatic rings. The number of nitrogens with zero attached hydrogens (tertiary/aromatic N) is 1. The van der Waals surface area contributed by atoms with Gasteiger partial charge in [0.2, 0.25) is 0 Å². The molecule has 0 atom stereocenters. The molecule has 0 radical (unpaired) electrons. The summed E-state index contributed by atoms with van der Waals surface area (Å²) in [7, 11) is 1.32. The van der Waals surface area contributed by atoms with Gasteiger partial charge >= 0.3 is 5.97 Å². The van der Waals surface area contributed by atoms with Crippen LogP contribution in [0.3, 0.4) is 0 Å². The van der Waals surface area contributed by atoms with E-state index in [0.29, 0.717) is 26.0 Å². The zero-order valence-corrected chi connectivity index (χ0v) is 16.2. The topological polar surface area (TPSA) is 63.7 Å². The van der Waals surface area contributed by atoms with E-state index in [0.717, 1.165) is 5.56 Å². The molecule has 0 N–H and O–H groups in total. The summed E-state index contributed by atoms with van der Waals surface area (Å²) >= 11 is 6.55. The molecule has 1 aliphatic heterocycles. The van der Waals surface area contributed by atoms with Gasteiger partial charge in [0.25, 0.3) is 5.91 Å². The summed E-state index contributed by atoms with van der Waals surface area (Å²) in [5, 5.41) is 0. The average Bonchev–Trinajstić information content (AvgIpc) is 2.95. The van der Waals surface area contributed by atoms with Gasteiger partial charge in [-0.3, -0.25) is 14.5 Å². The third-order valence-corrected chi connectivity index (χ3v) is 5.24. The number of anilines is 1. The van der Waals surface area contributed by atoms with Gasteiger partial charge in [-0.25, -0.2) is 4.79 Å². The Balaban J connectivity index is 1.87. The number of carbonyl (C=O) groups is 3. The predicted octanol–water partition coefficient (Wildman–Crippen LogP) is 4.08. The molecule has 3 rings (SSSR count). The highest BCUT2D eigenvalue weighted by molar-refractivity contribution is 8.27. The van der Waals surface area contributed by atoms with Gasteiger partial charge in [-0.15, -0.1) is 0 Å². The minimum atomic E-state index is -0.418. The first-order valence-corrected chi connectivity index (χ1v) is 9.20. The van der Waals surface area contributed by atoms with E-state index in [2.05, 4.69) is 4.74 Å². The Labute approximate surface area is 166 Å². The standard InChI is InChI=1S/C20H15NO4S2/c1-12(22)15-4-3-5-16(11-15)21-18(23)17(27-20(21)26)10-13-6-8-14(9-7-13)19(24)25-2/h3-11H,1-2H3/b17-10-. The van der Waals surface area contributed by atoms with Crippen molar-refractivity contribution < 1.29 is 19.1 Å². The Bertz CT molecular complexity index is 980. The number of ether oxygens (including phenoxy) is 1. The van der Waals surface area contributed by atoms with Crippen molar-refractivity contribution in [3.63, 3.8) is 0 Å². The molecule has 27 heavy (non-hydrogen) atoms. The van der Waals surface area contributed by atoms with E-state index >= 15 is 0 Å². The van der Waals surface area contributed by atoms with Crippen LogP contribution in [0, 0.1) is 0 Å². The lowest BCUT2D eigenvalue weighted by molar-refractivity contribution is -0.113. The van der Waals surface area contributed by atoms with Crippen molar-refractivity contribution in [2.75, 3.05) is 12.0 Å². The molecule has 0 aromatic heterocycles. The Kier molecular flexibility index (Phi) is 5.53. The molecule has 0 bridgehead atoms. The normalized spacial score (nSPS) is 15.3. The van der Waals surface area contributed by atoms with Crippen LogP contribution in [0.2, 0.25) is 0 Å². The second-order valence-corrected chi connectivity index (χ2v) is 7.41. The Morgan fingerprint density at radius 2 is 1.81 bits per heavy atom. The van der Waals surface area contributed by atoms with Gasteiger partial charge in [0.05, 0.1) is 23.3 Å². The van der Waals surface area contributed by atoms with E-state index in [-0.39, 0.29) is 11.7 Å². The molecule has 1 fully saturated rings. The second kappa shape index (κ2) is 7.85. The first-order valence-electron chi connectivity index (χ1n) is 7.98. The summed E-state index contributed by atoms with van der Waals surface area (Å²) in [6, 6.07) is 13.5. The van der Waals surface area contributed by atoms with E-state index in [1.807, 2.05) is 0 Å². The van der Waals surface area contributed by atoms with Crippen molar-refractivity contribution in [3.8, 4) is 0 Å². The van der Waals surface area contributed by atoms with Gasteiger partial charge < -0.3 is 4.74 Å². The SMILES string of the molecule is COC(=O)c1ccc(/C=C2\SC(=S)N(c3cccc(C(C)=O)c3)C2=O)cc1. The molecule has 0 spiro atoms. The number of methoxy groups -OCH3 is 1. The maximum Gasteiger partial charge on any atom is 0.337 e. The Morgan fingerprint density at radius 3 is 2.44 bits per heavy atom. The number of hydrogen-bond acceptors (Lipinski definition) is 6. The number of Topliss-reactive ketones (excluding diaryl/α,β-unsaturated/α-hetero) is 1. The van der Waals surface area contributed by atoms with Crippen LogP contribution in [0.4, 0.5) is 5.69 Å². The predicted molar refractivity (Wildman–Crippen MR) is 110 cm³/mol. The summed E-state index contributed by atoms with van der Waals surface area (Å²) in [4.78, 5) is 37.8. The molecule has 7 heteroatoms. The van der Waals surface area contributed by atoms with E-state index in [4.69, 9.17) is 12.2 Å². The van der Waals surface area contributed by atoms with Crippen molar-refractivity contribution in [2.45, 2.75) is 6.92 Å². The summed E-state index contributed by atoms with van der Waals surface area (Å²) in [5.41, 5.74) is 2.28. The van der Waals surface area contributed by atoms with E-state index in [1.165, 1.54) is 30.7 Å². The zero-order chi connectivity index (χ0) is 19.6. The number of thioether (sulfide) groups is 1. The number of rotatable bonds is 4. The van der Waals surface area contributed by atoms with Crippen molar-refractivity contribution in [1.82, 2.24) is 0 Å². The molecule has 136 valence electrons. The van der Waals surface area contributed by atoms with Crippen molar-refractivity contribution >= 4 is 57.7 Å². The number of benzene rings is 2. The first kappa shape index (κ1) is 19.0. The zero-order valence-electron chi connectivity index (χ0n) is 14.6. The molecule has 1 amide bonds. The van der Waals surface area contributed by atoms with Crippen LogP contribution < -0.4 is 4.90 Å². The lowest BCUT2D eigenvalue weighted by Crippen LogP contribution is -2.27. The first-order chi connectivity index (χ1) is 12.9. The molecule has 5 nitrogen and oxygen atoms in total. The summed E-state index contributed by atoms with van der Waals surface area (Å²) < 4.78 is 5.07. The molecule has 1 aliphatic rings. The Morgan fingerprint density at radius 1 is 1.11 bits per heavy atom. The van der Waals surface area contributed by atoms with Crippen molar-refractivity contribution in [3.05, 3.63) is 70.1 Å². The van der Waals surface area contributed by atoms with Crippen LogP contribution >= 0.6 is 24.0 Å². The number of hydrogen-bond donors (Lipinski definition) is 0. The average molecular weight is 397 g/mol. The maximum absolute atomic E-state index is 12.8. The van der Waals surface area contributed by atoms with Crippen LogP contribution in [0.1, 0.15) is 33.2 Å². The molecule has 0 aliphatic carbocycles. The van der Waals surface area contributed by atoms with Gasteiger partial charge in [-0.2, -0.15) is 0 Å². The van der Waals surface area contributed by atoms with Crippen LogP contribution in [0.25, 0.3) is 6.08 Å². The molecule has 1 saturated heterocycles. The quantitative estimate of drug-likeness (QED) is 0.335. The van der Waals surface area contributed by atoms with Gasteiger partial charge in [-0.05, 0) is 42.8 Å². The van der Waals surface area contributed by atoms with Gasteiger partial charge in [0.15, 0.2) is 10.1 Å². The fourth-order valence-electron chi connectivity index (χ4n) is 2.54. The molecule has 1 heterocycles. The second-order valence-electron chi connectivity index (χ2n) is 5.74. The minimum Gasteiger partial charge on any atom is -0.465 e. The van der Waals surface area contributed by atoms with Crippen LogP contribution in [-0.2, 0) is 9.53 Å². The monoisotopic (exact) mass is 397 g/mol. The van der Waals surface area contributed by atoms with Crippen molar-refractivity contribution in [2.24, 2.45) is 0 Å². The molecule has 0 saturated carbocycles. The highest BCUT2D eigenvalue weighted by Crippen LogP contribution is 2.36. The summed E-state index contributed by atoms with van der Waals surface area (Å²) in [5.74, 6) is -0.746. The number of thiocarbonyl (C=S) groups is 1. The molecule has 0 unspecified atom stereocenters. The summed E-state index contributed by atoms with van der Waals surface area (Å²) in [6.07, 6.45) is 1.72. The third-order valence-electron chi connectivity index (χ3n) is 3.93. The van der Waals surface area contributed by atoms with Crippen molar-refractivity contribution in [1.29, 1.82) is 0 Å². The molecule has 2 aromatic carbocycles. The maximum atomic E-state index is 12.8. The number of amides is 1. The number of esters is 1. The van der Waals surface area contributed by atoms with E-state index in [9.17, 15) is 14.4 Å². The van der Waals surface area contributed by atoms with Crippen LogP contribution in [0.15, 0.2) is 53.4 Å². The Hall–Kier alpha value is -2.77. The smallest absolute Gasteiger partial charge is 0.337 e. The number of carbonyl (C=O) groups excluding carboxylic acids is 3. The summed E-state index contributed by atoms with van der Waals surface area (Å²) in [6.45, 7) is 1.47. The van der Waals surface area contributed by atoms with Gasteiger partial charge in [0.1, 0.15) is 0 Å². The number of ketones is 1. The van der Waals surface area contributed by atoms with Gasteiger partial charge in [0, 0.05) is 5.56 Å². The highest BCUT2D eigenvalue weighted by atomic mass is 32.2. The lowest BCUT2D eigenvalue weighted by atomic mass is 10.1. The van der Waals surface area contributed by atoms with Gasteiger partial charge in [-0.1, -0.05) is 48.2 Å². The lowest BCUT2D eigenvalue weighted by Gasteiger charge is -2.15. The fourth-order valence-corrected chi connectivity index (χ4v) is 3.84. The minimum absolute atomic E-state index is 0.0801. The molecular formula is C20H15NO4S2. The van der Waals surface area contributed by atoms with E-state index in [1.54, 1.807) is 54.6 Å². The highest BCUT2D eigenvalue weighted by Gasteiger charge is 2.33. The third kappa shape index (κ3) is 3.99. The largest absolute Gasteiger partial charge is 0.465 e. The molecular weight excluding hydrogens is 382 g/mol. The van der Waals surface area contributed by atoms with Crippen LogP contribution in [0.5, 0.6) is 0 Å². The van der Waals surface area contributed by atoms with Crippen LogP contribution in [-0.4, -0.2) is 29.1 Å². The van der Waals surface area contributed by atoms with E-state index < -0.39 is 5.97 Å². The fraction of sp³-hybridized carbons (Fsp3) is 0.100.